The van der Waals surface area contributed by atoms with Crippen molar-refractivity contribution >= 4 is 21.6 Å². The Morgan fingerprint density at radius 3 is 2.55 bits per heavy atom. The van der Waals surface area contributed by atoms with Crippen LogP contribution in [0.15, 0.2) is 76.2 Å². The van der Waals surface area contributed by atoms with Gasteiger partial charge in [-0.2, -0.15) is 0 Å². The van der Waals surface area contributed by atoms with Crippen LogP contribution in [0.3, 0.4) is 0 Å². The van der Waals surface area contributed by atoms with Gasteiger partial charge >= 0.3 is 0 Å². The number of methoxy groups -OCH3 is 1. The van der Waals surface area contributed by atoms with Crippen LogP contribution in [0, 0.1) is 5.82 Å². The van der Waals surface area contributed by atoms with Gasteiger partial charge in [0.2, 0.25) is 0 Å². The van der Waals surface area contributed by atoms with Crippen molar-refractivity contribution < 1.29 is 14.2 Å². The zero-order valence-electron chi connectivity index (χ0n) is 15.8. The molecule has 0 spiro atoms. The largest absolute Gasteiger partial charge is 0.508 e. The van der Waals surface area contributed by atoms with E-state index in [0.717, 1.165) is 28.2 Å². The van der Waals surface area contributed by atoms with Crippen molar-refractivity contribution in [2.75, 3.05) is 7.11 Å². The number of ether oxygens (including phenoxy) is 1. The quantitative estimate of drug-likeness (QED) is 0.545. The number of aliphatic imine (C=N–C) groups is 1. The molecule has 0 aliphatic carbocycles. The summed E-state index contributed by atoms with van der Waals surface area (Å²) >= 11 is 3.26. The smallest absolute Gasteiger partial charge is 0.137 e. The minimum Gasteiger partial charge on any atom is -0.508 e. The molecule has 1 aliphatic heterocycles. The number of aromatic hydroxyl groups is 1. The number of halogens is 2. The van der Waals surface area contributed by atoms with E-state index >= 15 is 0 Å². The number of benzene rings is 3. The second-order valence-electron chi connectivity index (χ2n) is 6.86. The normalized spacial score (nSPS) is 18.9. The molecule has 1 heterocycles. The van der Waals surface area contributed by atoms with E-state index in [9.17, 15) is 9.50 Å². The Hall–Kier alpha value is -2.70. The fourth-order valence-electron chi connectivity index (χ4n) is 3.50. The second kappa shape index (κ2) is 8.35. The molecule has 6 heteroatoms. The summed E-state index contributed by atoms with van der Waals surface area (Å²) < 4.78 is 19.4. The van der Waals surface area contributed by atoms with Gasteiger partial charge in [0.25, 0.3) is 0 Å². The van der Waals surface area contributed by atoms with Crippen LogP contribution < -0.4 is 10.1 Å². The van der Waals surface area contributed by atoms with E-state index in [1.165, 1.54) is 6.07 Å². The standard InChI is InChI=1S/C23H20BrFN2O2/c1-29-16-9-6-14(7-10-16)20-13-21(17-4-2-3-5-22(17)28)27-23(26-20)15-8-11-19(25)18(24)12-15/h2-12,21,23,27-28H,13H2,1H3/t21-,23+/m0/s1. The SMILES string of the molecule is COc1ccc(C2=N[C@@H](c3ccc(F)c(Br)c3)N[C@H](c3ccccc3O)C2)cc1. The van der Waals surface area contributed by atoms with E-state index in [2.05, 4.69) is 21.2 Å². The lowest BCUT2D eigenvalue weighted by Crippen LogP contribution is -2.33. The molecule has 148 valence electrons. The Morgan fingerprint density at radius 1 is 1.10 bits per heavy atom. The van der Waals surface area contributed by atoms with Crippen molar-refractivity contribution in [3.63, 3.8) is 0 Å². The van der Waals surface area contributed by atoms with Crippen LogP contribution in [0.2, 0.25) is 0 Å². The van der Waals surface area contributed by atoms with Gasteiger partial charge in [0.05, 0.1) is 11.6 Å². The summed E-state index contributed by atoms with van der Waals surface area (Å²) in [6.07, 6.45) is 0.241. The lowest BCUT2D eigenvalue weighted by atomic mass is 9.93. The third kappa shape index (κ3) is 4.18. The maximum absolute atomic E-state index is 13.7. The van der Waals surface area contributed by atoms with E-state index < -0.39 is 0 Å². The molecule has 0 bridgehead atoms. The topological polar surface area (TPSA) is 53.8 Å². The average molecular weight is 455 g/mol. The maximum atomic E-state index is 13.7. The minimum atomic E-state index is -0.373. The van der Waals surface area contributed by atoms with Crippen LogP contribution in [-0.4, -0.2) is 17.9 Å². The van der Waals surface area contributed by atoms with Crippen LogP contribution in [-0.2, 0) is 0 Å². The van der Waals surface area contributed by atoms with Gasteiger partial charge in [-0.3, -0.25) is 10.3 Å². The third-order valence-corrected chi connectivity index (χ3v) is 5.64. The first-order valence-electron chi connectivity index (χ1n) is 9.25. The van der Waals surface area contributed by atoms with E-state index in [0.29, 0.717) is 10.9 Å². The van der Waals surface area contributed by atoms with Crippen LogP contribution in [0.5, 0.6) is 11.5 Å². The Labute approximate surface area is 177 Å². The number of nitrogens with one attached hydrogen (secondary N) is 1. The lowest BCUT2D eigenvalue weighted by Gasteiger charge is -2.31. The molecule has 2 atom stereocenters. The summed E-state index contributed by atoms with van der Waals surface area (Å²) in [5.41, 5.74) is 3.54. The number of hydrogen-bond acceptors (Lipinski definition) is 4. The highest BCUT2D eigenvalue weighted by Crippen LogP contribution is 2.35. The molecule has 3 aromatic carbocycles. The number of nitrogens with zero attached hydrogens (tertiary/aromatic N) is 1. The summed E-state index contributed by atoms with van der Waals surface area (Å²) in [6.45, 7) is 0. The molecule has 4 nitrogen and oxygen atoms in total. The molecule has 0 saturated carbocycles. The van der Waals surface area contributed by atoms with Gasteiger partial charge in [-0.25, -0.2) is 4.39 Å². The van der Waals surface area contributed by atoms with E-state index in [4.69, 9.17) is 9.73 Å². The van der Waals surface area contributed by atoms with Crippen LogP contribution >= 0.6 is 15.9 Å². The van der Waals surface area contributed by atoms with E-state index in [-0.39, 0.29) is 23.8 Å². The van der Waals surface area contributed by atoms with Crippen LogP contribution in [0.4, 0.5) is 4.39 Å². The van der Waals surface area contributed by atoms with Crippen molar-refractivity contribution in [2.45, 2.75) is 18.6 Å². The highest BCUT2D eigenvalue weighted by atomic mass is 79.9. The monoisotopic (exact) mass is 454 g/mol. The van der Waals surface area contributed by atoms with E-state index in [1.807, 2.05) is 36.4 Å². The summed E-state index contributed by atoms with van der Waals surface area (Å²) in [7, 11) is 1.63. The molecule has 1 aliphatic rings. The number of rotatable bonds is 4. The lowest BCUT2D eigenvalue weighted by molar-refractivity contribution is 0.412. The zero-order valence-corrected chi connectivity index (χ0v) is 17.4. The van der Waals surface area contributed by atoms with Crippen LogP contribution in [0.25, 0.3) is 0 Å². The first-order chi connectivity index (χ1) is 14.0. The summed E-state index contributed by atoms with van der Waals surface area (Å²) in [5, 5.41) is 13.9. The third-order valence-electron chi connectivity index (χ3n) is 5.04. The van der Waals surface area contributed by atoms with Gasteiger partial charge in [-0.1, -0.05) is 24.3 Å². The Kier molecular flexibility index (Phi) is 5.65. The average Bonchev–Trinajstić information content (AvgIpc) is 2.75. The predicted molar refractivity (Wildman–Crippen MR) is 115 cm³/mol. The number of para-hydroxylation sites is 1. The first kappa shape index (κ1) is 19.6. The molecule has 0 fully saturated rings. The first-order valence-corrected chi connectivity index (χ1v) is 10.0. The highest BCUT2D eigenvalue weighted by molar-refractivity contribution is 9.10. The summed E-state index contributed by atoms with van der Waals surface area (Å²) in [6, 6.07) is 19.8. The van der Waals surface area contributed by atoms with Gasteiger partial charge in [0, 0.05) is 23.7 Å². The van der Waals surface area contributed by atoms with Crippen molar-refractivity contribution in [2.24, 2.45) is 4.99 Å². The predicted octanol–water partition coefficient (Wildman–Crippen LogP) is 5.52. The Morgan fingerprint density at radius 2 is 1.86 bits per heavy atom. The Bertz CT molecular complexity index is 1050. The van der Waals surface area contributed by atoms with E-state index in [1.54, 1.807) is 31.4 Å². The van der Waals surface area contributed by atoms with Crippen molar-refractivity contribution in [1.82, 2.24) is 5.32 Å². The number of phenols is 1. The molecule has 0 saturated heterocycles. The summed E-state index contributed by atoms with van der Waals surface area (Å²) in [5.74, 6) is 0.695. The molecule has 0 amide bonds. The molecule has 4 rings (SSSR count). The molecule has 0 radical (unpaired) electrons. The maximum Gasteiger partial charge on any atom is 0.137 e. The zero-order chi connectivity index (χ0) is 20.4. The minimum absolute atomic E-state index is 0.139. The van der Waals surface area contributed by atoms with Crippen molar-refractivity contribution in [3.8, 4) is 11.5 Å². The van der Waals surface area contributed by atoms with Gasteiger partial charge in [-0.15, -0.1) is 0 Å². The molecule has 0 aromatic heterocycles. The number of hydrogen-bond donors (Lipinski definition) is 2. The van der Waals surface area contributed by atoms with Crippen molar-refractivity contribution in [3.05, 3.63) is 93.7 Å². The molecule has 29 heavy (non-hydrogen) atoms. The molecule has 0 unspecified atom stereocenters. The summed E-state index contributed by atoms with van der Waals surface area (Å²) in [4.78, 5) is 4.89. The molecular weight excluding hydrogens is 435 g/mol. The van der Waals surface area contributed by atoms with Gasteiger partial charge in [0.15, 0.2) is 0 Å². The van der Waals surface area contributed by atoms with Crippen molar-refractivity contribution in [1.29, 1.82) is 0 Å². The fraction of sp³-hybridized carbons (Fsp3) is 0.174. The number of phenolic OH excluding ortho intramolecular Hbond substituents is 1. The molecule has 3 aromatic rings. The molecule has 2 N–H and O–H groups in total. The highest BCUT2D eigenvalue weighted by Gasteiger charge is 2.27. The van der Waals surface area contributed by atoms with Gasteiger partial charge in [0.1, 0.15) is 23.5 Å². The molecular formula is C23H20BrFN2O2. The Balaban J connectivity index is 1.75. The second-order valence-corrected chi connectivity index (χ2v) is 7.72. The fourth-order valence-corrected chi connectivity index (χ4v) is 3.90. The van der Waals surface area contributed by atoms with Crippen LogP contribution in [0.1, 0.15) is 35.3 Å². The van der Waals surface area contributed by atoms with Gasteiger partial charge < -0.3 is 9.84 Å². The van der Waals surface area contributed by atoms with Gasteiger partial charge in [-0.05, 0) is 69.5 Å².